The number of para-hydroxylation sites is 1. The lowest BCUT2D eigenvalue weighted by molar-refractivity contribution is -0.121. The number of amides is 1. The lowest BCUT2D eigenvalue weighted by Gasteiger charge is -2.14. The summed E-state index contributed by atoms with van der Waals surface area (Å²) in [5.74, 6) is 0.565. The van der Waals surface area contributed by atoms with Crippen LogP contribution in [0, 0.1) is 5.82 Å². The van der Waals surface area contributed by atoms with E-state index in [1.807, 2.05) is 6.07 Å². The number of ether oxygens (including phenoxy) is 2. The molecule has 0 unspecified atom stereocenters. The molecule has 0 saturated carbocycles. The van der Waals surface area contributed by atoms with Crippen LogP contribution >= 0.6 is 0 Å². The summed E-state index contributed by atoms with van der Waals surface area (Å²) in [4.78, 5) is 38.8. The maximum atomic E-state index is 13.7. The van der Waals surface area contributed by atoms with E-state index in [-0.39, 0.29) is 38.8 Å². The standard InChI is InChI=1S/C26H22FN3O5/c27-19-5-3-4-18(12-19)15-30-21-7-2-1-6-20(21)25(32)29(26(30)33)11-10-24(31)28-14-17-8-9-22-23(13-17)35-16-34-22/h1-9,12-13H,10-11,14-16H2,(H,28,31). The van der Waals surface area contributed by atoms with Crippen molar-refractivity contribution >= 4 is 16.8 Å². The van der Waals surface area contributed by atoms with Crippen molar-refractivity contribution in [1.82, 2.24) is 14.5 Å². The van der Waals surface area contributed by atoms with Crippen molar-refractivity contribution in [2.24, 2.45) is 0 Å². The van der Waals surface area contributed by atoms with Gasteiger partial charge in [-0.2, -0.15) is 0 Å². The SMILES string of the molecule is O=C(CCn1c(=O)c2ccccc2n(Cc2cccc(F)c2)c1=O)NCc1ccc2c(c1)OCO2. The van der Waals surface area contributed by atoms with Gasteiger partial charge in [0.05, 0.1) is 17.4 Å². The van der Waals surface area contributed by atoms with Crippen molar-refractivity contribution < 1.29 is 18.7 Å². The van der Waals surface area contributed by atoms with Crippen LogP contribution in [0.5, 0.6) is 11.5 Å². The first-order valence-corrected chi connectivity index (χ1v) is 11.1. The van der Waals surface area contributed by atoms with Crippen molar-refractivity contribution in [3.8, 4) is 11.5 Å². The second-order valence-corrected chi connectivity index (χ2v) is 8.19. The van der Waals surface area contributed by atoms with Crippen molar-refractivity contribution in [3.05, 3.63) is 105 Å². The molecule has 35 heavy (non-hydrogen) atoms. The fourth-order valence-corrected chi connectivity index (χ4v) is 4.09. The minimum Gasteiger partial charge on any atom is -0.454 e. The minimum atomic E-state index is -0.554. The van der Waals surface area contributed by atoms with E-state index >= 15 is 0 Å². The molecule has 0 atom stereocenters. The zero-order valence-electron chi connectivity index (χ0n) is 18.7. The van der Waals surface area contributed by atoms with Gasteiger partial charge in [0.15, 0.2) is 11.5 Å². The lowest BCUT2D eigenvalue weighted by atomic mass is 10.2. The van der Waals surface area contributed by atoms with Gasteiger partial charge >= 0.3 is 5.69 Å². The quantitative estimate of drug-likeness (QED) is 0.444. The highest BCUT2D eigenvalue weighted by atomic mass is 19.1. The van der Waals surface area contributed by atoms with Crippen molar-refractivity contribution in [2.45, 2.75) is 26.1 Å². The van der Waals surface area contributed by atoms with Crippen LogP contribution in [0.1, 0.15) is 17.5 Å². The van der Waals surface area contributed by atoms with Gasteiger partial charge in [-0.15, -0.1) is 0 Å². The molecule has 0 spiro atoms. The van der Waals surface area contributed by atoms with E-state index in [1.54, 1.807) is 48.5 Å². The van der Waals surface area contributed by atoms with Crippen molar-refractivity contribution in [1.29, 1.82) is 0 Å². The average molecular weight is 475 g/mol. The van der Waals surface area contributed by atoms with Gasteiger partial charge in [0.25, 0.3) is 5.56 Å². The van der Waals surface area contributed by atoms with Crippen LogP contribution in [0.2, 0.25) is 0 Å². The predicted molar refractivity (Wildman–Crippen MR) is 127 cm³/mol. The highest BCUT2D eigenvalue weighted by molar-refractivity contribution is 5.78. The van der Waals surface area contributed by atoms with Crippen LogP contribution in [-0.4, -0.2) is 21.8 Å². The molecule has 5 rings (SSSR count). The second kappa shape index (κ2) is 9.46. The van der Waals surface area contributed by atoms with Gasteiger partial charge in [-0.05, 0) is 47.5 Å². The summed E-state index contributed by atoms with van der Waals surface area (Å²) in [5, 5.41) is 3.15. The van der Waals surface area contributed by atoms with Crippen LogP contribution in [0.4, 0.5) is 4.39 Å². The molecule has 0 radical (unpaired) electrons. The Morgan fingerprint density at radius 1 is 0.914 bits per heavy atom. The molecule has 0 fully saturated rings. The molecular weight excluding hydrogens is 453 g/mol. The van der Waals surface area contributed by atoms with Gasteiger partial charge in [-0.3, -0.25) is 18.7 Å². The van der Waals surface area contributed by atoms with E-state index in [0.717, 1.165) is 10.1 Å². The van der Waals surface area contributed by atoms with Gasteiger partial charge in [0.1, 0.15) is 5.82 Å². The zero-order chi connectivity index (χ0) is 24.4. The number of nitrogens with one attached hydrogen (secondary N) is 1. The van der Waals surface area contributed by atoms with E-state index < -0.39 is 17.1 Å². The summed E-state index contributed by atoms with van der Waals surface area (Å²) in [7, 11) is 0. The summed E-state index contributed by atoms with van der Waals surface area (Å²) >= 11 is 0. The van der Waals surface area contributed by atoms with Crippen LogP contribution in [0.15, 0.2) is 76.3 Å². The number of aromatic nitrogens is 2. The number of rotatable bonds is 7. The van der Waals surface area contributed by atoms with E-state index in [0.29, 0.717) is 28.0 Å². The molecule has 9 heteroatoms. The zero-order valence-corrected chi connectivity index (χ0v) is 18.7. The Bertz CT molecular complexity index is 1540. The molecule has 4 aromatic rings. The number of fused-ring (bicyclic) bond motifs is 2. The van der Waals surface area contributed by atoms with E-state index in [1.165, 1.54) is 16.7 Å². The number of carbonyl (C=O) groups excluding carboxylic acids is 1. The molecular formula is C26H22FN3O5. The molecule has 1 aliphatic heterocycles. The van der Waals surface area contributed by atoms with Gasteiger partial charge in [0.2, 0.25) is 12.7 Å². The van der Waals surface area contributed by atoms with Crippen molar-refractivity contribution in [2.75, 3.05) is 6.79 Å². The average Bonchev–Trinajstić information content (AvgIpc) is 3.33. The Hall–Kier alpha value is -4.40. The monoisotopic (exact) mass is 475 g/mol. The molecule has 1 aromatic heterocycles. The molecule has 2 heterocycles. The molecule has 0 bridgehead atoms. The van der Waals surface area contributed by atoms with Gasteiger partial charge < -0.3 is 14.8 Å². The summed E-state index contributed by atoms with van der Waals surface area (Å²) in [6.45, 7) is 0.445. The van der Waals surface area contributed by atoms with Gasteiger partial charge in [-0.25, -0.2) is 9.18 Å². The van der Waals surface area contributed by atoms with Gasteiger partial charge in [0, 0.05) is 19.5 Å². The third-order valence-corrected chi connectivity index (χ3v) is 5.85. The Balaban J connectivity index is 1.35. The fourth-order valence-electron chi connectivity index (χ4n) is 4.09. The molecule has 8 nitrogen and oxygen atoms in total. The third-order valence-electron chi connectivity index (χ3n) is 5.85. The molecule has 1 aliphatic rings. The van der Waals surface area contributed by atoms with E-state index in [9.17, 15) is 18.8 Å². The molecule has 0 saturated heterocycles. The number of hydrogen-bond acceptors (Lipinski definition) is 5. The largest absolute Gasteiger partial charge is 0.454 e. The highest BCUT2D eigenvalue weighted by Gasteiger charge is 2.16. The predicted octanol–water partition coefficient (Wildman–Crippen LogP) is 2.79. The van der Waals surface area contributed by atoms with Crippen LogP contribution in [0.25, 0.3) is 10.9 Å². The number of halogens is 1. The second-order valence-electron chi connectivity index (χ2n) is 8.19. The number of nitrogens with zero attached hydrogens (tertiary/aromatic N) is 2. The van der Waals surface area contributed by atoms with Crippen LogP contribution in [-0.2, 0) is 24.4 Å². The minimum absolute atomic E-state index is 0.0575. The summed E-state index contributed by atoms with van der Waals surface area (Å²) in [6, 6.07) is 18.1. The summed E-state index contributed by atoms with van der Waals surface area (Å²) in [6.07, 6.45) is -0.0575. The topological polar surface area (TPSA) is 91.6 Å². The summed E-state index contributed by atoms with van der Waals surface area (Å²) < 4.78 is 26.8. The molecule has 178 valence electrons. The molecule has 0 aliphatic carbocycles. The first-order valence-electron chi connectivity index (χ1n) is 11.1. The first kappa shape index (κ1) is 22.4. The number of benzene rings is 3. The molecule has 1 amide bonds. The van der Waals surface area contributed by atoms with Crippen molar-refractivity contribution in [3.63, 3.8) is 0 Å². The Morgan fingerprint density at radius 2 is 1.74 bits per heavy atom. The molecule has 1 N–H and O–H groups in total. The third kappa shape index (κ3) is 4.65. The Labute approximate surface area is 199 Å². The van der Waals surface area contributed by atoms with Crippen LogP contribution in [0.3, 0.4) is 0 Å². The normalized spacial score (nSPS) is 12.1. The Morgan fingerprint density at radius 3 is 2.60 bits per heavy atom. The van der Waals surface area contributed by atoms with E-state index in [4.69, 9.17) is 9.47 Å². The first-order chi connectivity index (χ1) is 17.0. The highest BCUT2D eigenvalue weighted by Crippen LogP contribution is 2.32. The van der Waals surface area contributed by atoms with Crippen LogP contribution < -0.4 is 26.0 Å². The van der Waals surface area contributed by atoms with Gasteiger partial charge in [-0.1, -0.05) is 30.3 Å². The molecule has 3 aromatic carbocycles. The maximum absolute atomic E-state index is 13.7. The number of carbonyl (C=O) groups is 1. The van der Waals surface area contributed by atoms with E-state index in [2.05, 4.69) is 5.32 Å². The lowest BCUT2D eigenvalue weighted by Crippen LogP contribution is -2.41. The summed E-state index contributed by atoms with van der Waals surface area (Å²) in [5.41, 5.74) is 0.855. The Kier molecular flexibility index (Phi) is 6.05. The smallest absolute Gasteiger partial charge is 0.331 e. The fraction of sp³-hybridized carbons (Fsp3) is 0.192. The maximum Gasteiger partial charge on any atom is 0.331 e. The number of hydrogen-bond donors (Lipinski definition) is 1.